The zero-order valence-corrected chi connectivity index (χ0v) is 9.96. The lowest BCUT2D eigenvalue weighted by Crippen LogP contribution is -2.15. The molecule has 0 saturated carbocycles. The minimum absolute atomic E-state index is 0.121. The maximum Gasteiger partial charge on any atom is 0.287 e. The molecule has 1 heterocycles. The molecule has 98 valence electrons. The molecular formula is C12H10FN3O3. The molecule has 0 saturated heterocycles. The Morgan fingerprint density at radius 2 is 2.16 bits per heavy atom. The van der Waals surface area contributed by atoms with Gasteiger partial charge < -0.3 is 9.88 Å². The number of rotatable bonds is 3. The standard InChI is InChI=1S/C12H10FN3O3/c1-15-7-10(16(18)19)6-11(15)12(17)14-9-4-2-3-8(13)5-9/h2-7H,1H3,(H,14,17). The molecule has 19 heavy (non-hydrogen) atoms. The summed E-state index contributed by atoms with van der Waals surface area (Å²) in [5.74, 6) is -1.02. The van der Waals surface area contributed by atoms with Crippen molar-refractivity contribution in [2.24, 2.45) is 7.05 Å². The molecule has 0 atom stereocenters. The van der Waals surface area contributed by atoms with Crippen molar-refractivity contribution in [2.45, 2.75) is 0 Å². The van der Waals surface area contributed by atoms with E-state index in [4.69, 9.17) is 0 Å². The molecule has 7 heteroatoms. The Labute approximate surface area is 107 Å². The van der Waals surface area contributed by atoms with Crippen LogP contribution in [0.3, 0.4) is 0 Å². The Kier molecular flexibility index (Phi) is 3.28. The van der Waals surface area contributed by atoms with Crippen LogP contribution < -0.4 is 5.32 Å². The van der Waals surface area contributed by atoms with E-state index in [-0.39, 0.29) is 17.1 Å². The van der Waals surface area contributed by atoms with Crippen LogP contribution >= 0.6 is 0 Å². The maximum absolute atomic E-state index is 13.0. The summed E-state index contributed by atoms with van der Waals surface area (Å²) in [6.07, 6.45) is 1.24. The van der Waals surface area contributed by atoms with Crippen LogP contribution in [-0.2, 0) is 7.05 Å². The van der Waals surface area contributed by atoms with E-state index < -0.39 is 16.6 Å². The molecule has 0 spiro atoms. The Bertz CT molecular complexity index is 651. The zero-order chi connectivity index (χ0) is 14.0. The van der Waals surface area contributed by atoms with Gasteiger partial charge >= 0.3 is 0 Å². The third-order valence-electron chi connectivity index (χ3n) is 2.52. The Balaban J connectivity index is 2.23. The molecule has 0 aliphatic carbocycles. The predicted molar refractivity (Wildman–Crippen MR) is 66.4 cm³/mol. The smallest absolute Gasteiger partial charge is 0.287 e. The van der Waals surface area contributed by atoms with E-state index >= 15 is 0 Å². The van der Waals surface area contributed by atoms with Gasteiger partial charge in [0.2, 0.25) is 0 Å². The van der Waals surface area contributed by atoms with E-state index in [0.29, 0.717) is 0 Å². The number of hydrogen-bond acceptors (Lipinski definition) is 3. The van der Waals surface area contributed by atoms with E-state index in [1.807, 2.05) is 0 Å². The molecule has 0 radical (unpaired) electrons. The Hall–Kier alpha value is -2.70. The highest BCUT2D eigenvalue weighted by Gasteiger charge is 2.17. The van der Waals surface area contributed by atoms with Gasteiger partial charge in [-0.3, -0.25) is 14.9 Å². The lowest BCUT2D eigenvalue weighted by molar-refractivity contribution is -0.384. The third-order valence-corrected chi connectivity index (χ3v) is 2.52. The molecule has 0 aliphatic rings. The fourth-order valence-electron chi connectivity index (χ4n) is 1.63. The van der Waals surface area contributed by atoms with Gasteiger partial charge in [0.1, 0.15) is 11.5 Å². The predicted octanol–water partition coefficient (Wildman–Crippen LogP) is 2.32. The van der Waals surface area contributed by atoms with Crippen LogP contribution in [0.5, 0.6) is 0 Å². The Morgan fingerprint density at radius 3 is 2.74 bits per heavy atom. The van der Waals surface area contributed by atoms with Crippen molar-refractivity contribution in [1.82, 2.24) is 4.57 Å². The monoisotopic (exact) mass is 263 g/mol. The van der Waals surface area contributed by atoms with Gasteiger partial charge in [-0.25, -0.2) is 4.39 Å². The first kappa shape index (κ1) is 12.7. The highest BCUT2D eigenvalue weighted by atomic mass is 19.1. The van der Waals surface area contributed by atoms with Crippen molar-refractivity contribution >= 4 is 17.3 Å². The number of aromatic nitrogens is 1. The van der Waals surface area contributed by atoms with Gasteiger partial charge in [0.05, 0.1) is 11.1 Å². The SMILES string of the molecule is Cn1cc([N+](=O)[O-])cc1C(=O)Nc1cccc(F)c1. The molecule has 1 aromatic carbocycles. The van der Waals surface area contributed by atoms with E-state index in [2.05, 4.69) is 5.32 Å². The number of nitrogens with one attached hydrogen (secondary N) is 1. The Morgan fingerprint density at radius 1 is 1.42 bits per heavy atom. The van der Waals surface area contributed by atoms with Crippen LogP contribution in [-0.4, -0.2) is 15.4 Å². The van der Waals surface area contributed by atoms with E-state index in [0.717, 1.165) is 12.1 Å². The van der Waals surface area contributed by atoms with Crippen LogP contribution in [0, 0.1) is 15.9 Å². The van der Waals surface area contributed by atoms with Gasteiger partial charge in [-0.05, 0) is 18.2 Å². The third kappa shape index (κ3) is 2.76. The fraction of sp³-hybridized carbons (Fsp3) is 0.0833. The second-order valence-corrected chi connectivity index (χ2v) is 3.92. The minimum Gasteiger partial charge on any atom is -0.340 e. The molecule has 1 N–H and O–H groups in total. The summed E-state index contributed by atoms with van der Waals surface area (Å²) < 4.78 is 14.3. The molecule has 2 aromatic rings. The first-order valence-corrected chi connectivity index (χ1v) is 5.35. The molecule has 0 aliphatic heterocycles. The topological polar surface area (TPSA) is 77.2 Å². The number of nitrogens with zero attached hydrogens (tertiary/aromatic N) is 2. The first-order chi connectivity index (χ1) is 8.97. The van der Waals surface area contributed by atoms with Gasteiger partial charge in [-0.1, -0.05) is 6.07 Å². The second-order valence-electron chi connectivity index (χ2n) is 3.92. The summed E-state index contributed by atoms with van der Waals surface area (Å²) in [5, 5.41) is 13.1. The second kappa shape index (κ2) is 4.89. The number of amides is 1. The van der Waals surface area contributed by atoms with Gasteiger partial charge in [0.15, 0.2) is 0 Å². The fourth-order valence-corrected chi connectivity index (χ4v) is 1.63. The number of anilines is 1. The first-order valence-electron chi connectivity index (χ1n) is 5.35. The number of benzene rings is 1. The van der Waals surface area contributed by atoms with Crippen molar-refractivity contribution in [1.29, 1.82) is 0 Å². The molecular weight excluding hydrogens is 253 g/mol. The lowest BCUT2D eigenvalue weighted by Gasteiger charge is -2.05. The van der Waals surface area contributed by atoms with E-state index in [1.165, 1.54) is 36.0 Å². The molecule has 6 nitrogen and oxygen atoms in total. The number of carbonyl (C=O) groups is 1. The summed E-state index contributed by atoms with van der Waals surface area (Å²) in [4.78, 5) is 21.9. The molecule has 0 unspecified atom stereocenters. The number of hydrogen-bond donors (Lipinski definition) is 1. The van der Waals surface area contributed by atoms with Crippen LogP contribution in [0.1, 0.15) is 10.5 Å². The van der Waals surface area contributed by atoms with Gasteiger partial charge in [-0.15, -0.1) is 0 Å². The van der Waals surface area contributed by atoms with Crippen LogP contribution in [0.25, 0.3) is 0 Å². The van der Waals surface area contributed by atoms with Gasteiger partial charge in [0, 0.05) is 18.8 Å². The lowest BCUT2D eigenvalue weighted by atomic mass is 10.3. The summed E-state index contributed by atoms with van der Waals surface area (Å²) in [5.41, 5.74) is 0.233. The van der Waals surface area contributed by atoms with Crippen molar-refractivity contribution in [3.63, 3.8) is 0 Å². The number of carbonyl (C=O) groups excluding carboxylic acids is 1. The largest absolute Gasteiger partial charge is 0.340 e. The summed E-state index contributed by atoms with van der Waals surface area (Å²) >= 11 is 0. The van der Waals surface area contributed by atoms with Gasteiger partial charge in [-0.2, -0.15) is 0 Å². The highest BCUT2D eigenvalue weighted by molar-refractivity contribution is 6.03. The average molecular weight is 263 g/mol. The van der Waals surface area contributed by atoms with Crippen LogP contribution in [0.2, 0.25) is 0 Å². The normalized spacial score (nSPS) is 10.2. The number of nitro groups is 1. The summed E-state index contributed by atoms with van der Waals surface area (Å²) in [6, 6.07) is 6.56. The zero-order valence-electron chi connectivity index (χ0n) is 9.96. The minimum atomic E-state index is -0.584. The van der Waals surface area contributed by atoms with Crippen LogP contribution in [0.4, 0.5) is 15.8 Å². The molecule has 1 aromatic heterocycles. The van der Waals surface area contributed by atoms with E-state index in [9.17, 15) is 19.3 Å². The average Bonchev–Trinajstić information content (AvgIpc) is 2.71. The quantitative estimate of drug-likeness (QED) is 0.682. The molecule has 0 bridgehead atoms. The summed E-state index contributed by atoms with van der Waals surface area (Å²) in [7, 11) is 1.52. The highest BCUT2D eigenvalue weighted by Crippen LogP contribution is 2.17. The van der Waals surface area contributed by atoms with Crippen molar-refractivity contribution in [3.05, 3.63) is 58.2 Å². The number of aryl methyl sites for hydroxylation is 1. The number of halogens is 1. The molecule has 0 fully saturated rings. The maximum atomic E-state index is 13.0. The summed E-state index contributed by atoms with van der Waals surface area (Å²) in [6.45, 7) is 0. The van der Waals surface area contributed by atoms with Crippen LogP contribution in [0.15, 0.2) is 36.5 Å². The van der Waals surface area contributed by atoms with Crippen molar-refractivity contribution < 1.29 is 14.1 Å². The van der Waals surface area contributed by atoms with Crippen molar-refractivity contribution in [3.8, 4) is 0 Å². The van der Waals surface area contributed by atoms with Crippen molar-refractivity contribution in [2.75, 3.05) is 5.32 Å². The molecule has 2 rings (SSSR count). The van der Waals surface area contributed by atoms with Gasteiger partial charge in [0.25, 0.3) is 11.6 Å². The van der Waals surface area contributed by atoms with E-state index in [1.54, 1.807) is 0 Å². The molecule has 1 amide bonds.